The Morgan fingerprint density at radius 2 is 1.81 bits per heavy atom. The molecule has 0 spiro atoms. The van der Waals surface area contributed by atoms with Gasteiger partial charge in [-0.25, -0.2) is 0 Å². The molecule has 0 saturated carbocycles. The normalized spacial score (nSPS) is 15.4. The van der Waals surface area contributed by atoms with Crippen molar-refractivity contribution in [1.82, 2.24) is 9.80 Å². The smallest absolute Gasteiger partial charge is 0.246 e. The molecule has 0 N–H and O–H groups in total. The largest absolute Gasteiger partial charge is 0.337 e. The van der Waals surface area contributed by atoms with E-state index in [2.05, 4.69) is 24.0 Å². The van der Waals surface area contributed by atoms with Gasteiger partial charge < -0.3 is 4.90 Å². The summed E-state index contributed by atoms with van der Waals surface area (Å²) in [5, 5.41) is 0.871. The van der Waals surface area contributed by atoms with E-state index in [4.69, 9.17) is 11.6 Å². The van der Waals surface area contributed by atoms with Gasteiger partial charge in [0.1, 0.15) is 0 Å². The summed E-state index contributed by atoms with van der Waals surface area (Å²) in [7, 11) is 0. The van der Waals surface area contributed by atoms with Crippen LogP contribution >= 0.6 is 11.6 Å². The third kappa shape index (κ3) is 5.95. The van der Waals surface area contributed by atoms with Crippen LogP contribution in [-0.2, 0) is 11.2 Å². The number of aryl methyl sites for hydroxylation is 2. The zero-order valence-electron chi connectivity index (χ0n) is 15.9. The summed E-state index contributed by atoms with van der Waals surface area (Å²) in [6.45, 7) is 6.57. The second-order valence-electron chi connectivity index (χ2n) is 7.11. The first-order valence-corrected chi connectivity index (χ1v) is 9.99. The Morgan fingerprint density at radius 1 is 1.07 bits per heavy atom. The van der Waals surface area contributed by atoms with Crippen LogP contribution in [0.4, 0.5) is 0 Å². The van der Waals surface area contributed by atoms with E-state index in [0.29, 0.717) is 0 Å². The van der Waals surface area contributed by atoms with Crippen molar-refractivity contribution in [2.75, 3.05) is 32.7 Å². The minimum Gasteiger partial charge on any atom is -0.337 e. The van der Waals surface area contributed by atoms with Crippen LogP contribution in [0.25, 0.3) is 6.08 Å². The molecule has 0 radical (unpaired) electrons. The van der Waals surface area contributed by atoms with E-state index in [0.717, 1.165) is 56.2 Å². The third-order valence-corrected chi connectivity index (χ3v) is 5.38. The first-order chi connectivity index (χ1) is 13.1. The maximum Gasteiger partial charge on any atom is 0.246 e. The maximum atomic E-state index is 12.3. The van der Waals surface area contributed by atoms with Gasteiger partial charge in [-0.05, 0) is 55.1 Å². The Kier molecular flexibility index (Phi) is 7.08. The average molecular weight is 383 g/mol. The minimum absolute atomic E-state index is 0.102. The number of carbonyl (C=O) groups excluding carboxylic acids is 1. The number of hydrogen-bond acceptors (Lipinski definition) is 2. The van der Waals surface area contributed by atoms with E-state index in [1.807, 2.05) is 47.4 Å². The fourth-order valence-electron chi connectivity index (χ4n) is 3.38. The average Bonchev–Trinajstić information content (AvgIpc) is 2.69. The molecule has 1 fully saturated rings. The molecule has 0 aliphatic carbocycles. The van der Waals surface area contributed by atoms with E-state index < -0.39 is 0 Å². The third-order valence-electron chi connectivity index (χ3n) is 5.03. The van der Waals surface area contributed by atoms with Crippen molar-refractivity contribution in [3.63, 3.8) is 0 Å². The number of halogens is 1. The van der Waals surface area contributed by atoms with Gasteiger partial charge in [0, 0.05) is 37.3 Å². The van der Waals surface area contributed by atoms with E-state index >= 15 is 0 Å². The van der Waals surface area contributed by atoms with Crippen LogP contribution in [0, 0.1) is 6.92 Å². The molecule has 3 rings (SSSR count). The quantitative estimate of drug-likeness (QED) is 0.689. The number of hydrogen-bond donors (Lipinski definition) is 0. The molecule has 1 aliphatic rings. The lowest BCUT2D eigenvalue weighted by atomic mass is 10.1. The van der Waals surface area contributed by atoms with Crippen LogP contribution in [0.2, 0.25) is 5.02 Å². The fraction of sp³-hybridized carbons (Fsp3) is 0.348. The summed E-state index contributed by atoms with van der Waals surface area (Å²) in [6, 6.07) is 16.2. The molecule has 1 aliphatic heterocycles. The summed E-state index contributed by atoms with van der Waals surface area (Å²) < 4.78 is 0. The molecule has 2 aromatic rings. The van der Waals surface area contributed by atoms with Gasteiger partial charge in [-0.15, -0.1) is 0 Å². The van der Waals surface area contributed by atoms with Crippen molar-refractivity contribution in [2.45, 2.75) is 19.8 Å². The van der Waals surface area contributed by atoms with Crippen molar-refractivity contribution in [1.29, 1.82) is 0 Å². The van der Waals surface area contributed by atoms with Crippen LogP contribution in [-0.4, -0.2) is 48.4 Å². The van der Waals surface area contributed by atoms with Crippen LogP contribution < -0.4 is 0 Å². The second-order valence-corrected chi connectivity index (χ2v) is 7.52. The van der Waals surface area contributed by atoms with E-state index in [1.54, 1.807) is 6.08 Å². The topological polar surface area (TPSA) is 23.6 Å². The van der Waals surface area contributed by atoms with E-state index in [1.165, 1.54) is 11.1 Å². The van der Waals surface area contributed by atoms with Crippen molar-refractivity contribution in [3.8, 4) is 0 Å². The number of rotatable bonds is 6. The van der Waals surface area contributed by atoms with Gasteiger partial charge in [0.15, 0.2) is 0 Å². The second kappa shape index (κ2) is 9.72. The van der Waals surface area contributed by atoms with Gasteiger partial charge in [-0.1, -0.05) is 54.1 Å². The zero-order valence-corrected chi connectivity index (χ0v) is 16.7. The van der Waals surface area contributed by atoms with Crippen LogP contribution in [0.15, 0.2) is 54.6 Å². The SMILES string of the molecule is Cc1ccc(CCCN2CCN(C(=O)/C=C/c3ccccc3)CC2)c(Cl)c1. The molecule has 0 unspecified atom stereocenters. The molecule has 1 heterocycles. The van der Waals surface area contributed by atoms with Crippen molar-refractivity contribution in [2.24, 2.45) is 0 Å². The lowest BCUT2D eigenvalue weighted by molar-refractivity contribution is -0.127. The highest BCUT2D eigenvalue weighted by molar-refractivity contribution is 6.31. The highest BCUT2D eigenvalue weighted by Crippen LogP contribution is 2.19. The Labute approximate surface area is 167 Å². The van der Waals surface area contributed by atoms with Gasteiger partial charge in [0.25, 0.3) is 0 Å². The first kappa shape index (κ1) is 19.7. The van der Waals surface area contributed by atoms with Gasteiger partial charge in [-0.2, -0.15) is 0 Å². The Hall–Kier alpha value is -2.10. The summed E-state index contributed by atoms with van der Waals surface area (Å²) in [6.07, 6.45) is 5.66. The van der Waals surface area contributed by atoms with Crippen molar-refractivity contribution < 1.29 is 4.79 Å². The van der Waals surface area contributed by atoms with E-state index in [9.17, 15) is 4.79 Å². The first-order valence-electron chi connectivity index (χ1n) is 9.61. The zero-order chi connectivity index (χ0) is 19.1. The van der Waals surface area contributed by atoms with Gasteiger partial charge in [0.05, 0.1) is 0 Å². The van der Waals surface area contributed by atoms with Crippen molar-refractivity contribution in [3.05, 3.63) is 76.3 Å². The monoisotopic (exact) mass is 382 g/mol. The molecule has 4 heteroatoms. The summed E-state index contributed by atoms with van der Waals surface area (Å²) in [5.41, 5.74) is 3.48. The molecule has 1 saturated heterocycles. The lowest BCUT2D eigenvalue weighted by Crippen LogP contribution is -2.48. The summed E-state index contributed by atoms with van der Waals surface area (Å²) in [5.74, 6) is 0.102. The molecule has 0 bridgehead atoms. The lowest BCUT2D eigenvalue weighted by Gasteiger charge is -2.34. The van der Waals surface area contributed by atoms with E-state index in [-0.39, 0.29) is 5.91 Å². The number of benzene rings is 2. The van der Waals surface area contributed by atoms with Crippen molar-refractivity contribution >= 4 is 23.6 Å². The number of piperazine rings is 1. The highest BCUT2D eigenvalue weighted by atomic mass is 35.5. The Morgan fingerprint density at radius 3 is 2.52 bits per heavy atom. The molecule has 2 aromatic carbocycles. The predicted octanol–water partition coefficient (Wildman–Crippen LogP) is 4.44. The fourth-order valence-corrected chi connectivity index (χ4v) is 3.71. The predicted molar refractivity (Wildman–Crippen MR) is 113 cm³/mol. The molecule has 0 aromatic heterocycles. The number of amides is 1. The molecule has 3 nitrogen and oxygen atoms in total. The standard InChI is InChI=1S/C23H27ClN2O/c1-19-9-11-21(22(24)18-19)8-5-13-25-14-16-26(17-15-25)23(27)12-10-20-6-3-2-4-7-20/h2-4,6-7,9-12,18H,5,8,13-17H2,1H3/b12-10+. The maximum absolute atomic E-state index is 12.3. The number of nitrogens with zero attached hydrogens (tertiary/aromatic N) is 2. The Balaban J connectivity index is 1.39. The molecule has 27 heavy (non-hydrogen) atoms. The van der Waals surface area contributed by atoms with Gasteiger partial charge >= 0.3 is 0 Å². The summed E-state index contributed by atoms with van der Waals surface area (Å²) >= 11 is 6.31. The molecule has 1 amide bonds. The molecule has 0 atom stereocenters. The van der Waals surface area contributed by atoms with Gasteiger partial charge in [-0.3, -0.25) is 9.69 Å². The van der Waals surface area contributed by atoms with Gasteiger partial charge in [0.2, 0.25) is 5.91 Å². The Bertz CT molecular complexity index is 780. The minimum atomic E-state index is 0.102. The molecular weight excluding hydrogens is 356 g/mol. The van der Waals surface area contributed by atoms with Crippen LogP contribution in [0.3, 0.4) is 0 Å². The summed E-state index contributed by atoms with van der Waals surface area (Å²) in [4.78, 5) is 16.7. The van der Waals surface area contributed by atoms with Crippen LogP contribution in [0.1, 0.15) is 23.1 Å². The van der Waals surface area contributed by atoms with Crippen LogP contribution in [0.5, 0.6) is 0 Å². The molecule has 142 valence electrons. The number of carbonyl (C=O) groups is 1. The molecular formula is C23H27ClN2O. The highest BCUT2D eigenvalue weighted by Gasteiger charge is 2.19.